The van der Waals surface area contributed by atoms with Gasteiger partial charge in [0.2, 0.25) is 0 Å². The lowest BCUT2D eigenvalue weighted by Crippen LogP contribution is -2.12. The summed E-state index contributed by atoms with van der Waals surface area (Å²) in [5.41, 5.74) is 1.69. The van der Waals surface area contributed by atoms with Crippen LogP contribution in [-0.4, -0.2) is 26.9 Å². The zero-order valence-electron chi connectivity index (χ0n) is 11.2. The quantitative estimate of drug-likeness (QED) is 0.688. The summed E-state index contributed by atoms with van der Waals surface area (Å²) in [4.78, 5) is 0. The van der Waals surface area contributed by atoms with Gasteiger partial charge in [-0.3, -0.25) is 0 Å². The molecule has 0 radical (unpaired) electrons. The van der Waals surface area contributed by atoms with Gasteiger partial charge in [0.05, 0.1) is 6.61 Å². The molecule has 1 aromatic rings. The van der Waals surface area contributed by atoms with Crippen molar-refractivity contribution in [3.63, 3.8) is 0 Å². The smallest absolute Gasteiger partial charge is 0.128 e. The lowest BCUT2D eigenvalue weighted by molar-refractivity contribution is 0.0912. The number of hydrogen-bond acceptors (Lipinski definition) is 3. The van der Waals surface area contributed by atoms with Crippen molar-refractivity contribution in [2.24, 2.45) is 0 Å². The molecule has 18 heavy (non-hydrogen) atoms. The average Bonchev–Trinajstić information content (AvgIpc) is 2.39. The zero-order valence-corrected chi connectivity index (χ0v) is 11.2. The Bertz CT molecular complexity index is 345. The average molecular weight is 255 g/mol. The maximum absolute atomic E-state index is 13.5. The number of nitrogens with one attached hydrogen (secondary N) is 1. The van der Waals surface area contributed by atoms with Crippen LogP contribution in [0.15, 0.2) is 18.2 Å². The Balaban J connectivity index is 2.42. The highest BCUT2D eigenvalue weighted by Crippen LogP contribution is 2.12. The molecule has 0 fully saturated rings. The predicted octanol–water partition coefficient (Wildman–Crippen LogP) is 2.49. The Hall–Kier alpha value is -0.970. The standard InChI is InChI=1S/C14H22FNO2/c1-3-16-10-12-5-6-14(15)13(9-12)11-18-8-4-7-17-2/h5-6,9,16H,3-4,7-8,10-11H2,1-2H3. The normalized spacial score (nSPS) is 10.8. The minimum atomic E-state index is -0.206. The zero-order chi connectivity index (χ0) is 13.2. The first kappa shape index (κ1) is 15.1. The summed E-state index contributed by atoms with van der Waals surface area (Å²) in [5.74, 6) is -0.206. The molecular weight excluding hydrogens is 233 g/mol. The Labute approximate surface area is 108 Å². The van der Waals surface area contributed by atoms with Crippen molar-refractivity contribution in [1.29, 1.82) is 0 Å². The van der Waals surface area contributed by atoms with Gasteiger partial charge in [0, 0.05) is 32.4 Å². The monoisotopic (exact) mass is 255 g/mol. The van der Waals surface area contributed by atoms with Crippen molar-refractivity contribution in [2.75, 3.05) is 26.9 Å². The summed E-state index contributed by atoms with van der Waals surface area (Å²) in [5, 5.41) is 3.22. The van der Waals surface area contributed by atoms with Crippen LogP contribution in [-0.2, 0) is 22.6 Å². The van der Waals surface area contributed by atoms with E-state index in [0.717, 1.165) is 25.1 Å². The number of rotatable bonds is 9. The molecule has 0 saturated carbocycles. The lowest BCUT2D eigenvalue weighted by atomic mass is 10.1. The van der Waals surface area contributed by atoms with Crippen molar-refractivity contribution in [2.45, 2.75) is 26.5 Å². The number of methoxy groups -OCH3 is 1. The molecule has 0 bridgehead atoms. The van der Waals surface area contributed by atoms with Crippen LogP contribution >= 0.6 is 0 Å². The molecular formula is C14H22FNO2. The summed E-state index contributed by atoms with van der Waals surface area (Å²) in [6.45, 7) is 5.28. The van der Waals surface area contributed by atoms with Crippen LogP contribution in [0.25, 0.3) is 0 Å². The molecule has 0 aliphatic heterocycles. The first-order valence-corrected chi connectivity index (χ1v) is 6.32. The molecule has 1 rings (SSSR count). The minimum Gasteiger partial charge on any atom is -0.385 e. The molecule has 0 aromatic heterocycles. The van der Waals surface area contributed by atoms with Crippen molar-refractivity contribution in [3.8, 4) is 0 Å². The fourth-order valence-electron chi connectivity index (χ4n) is 1.61. The fraction of sp³-hybridized carbons (Fsp3) is 0.571. The molecule has 0 atom stereocenters. The van der Waals surface area contributed by atoms with Gasteiger partial charge in [-0.25, -0.2) is 4.39 Å². The van der Waals surface area contributed by atoms with Crippen LogP contribution in [0.2, 0.25) is 0 Å². The van der Waals surface area contributed by atoms with Gasteiger partial charge < -0.3 is 14.8 Å². The van der Waals surface area contributed by atoms with Gasteiger partial charge in [-0.2, -0.15) is 0 Å². The van der Waals surface area contributed by atoms with E-state index in [1.807, 2.05) is 13.0 Å². The molecule has 1 N–H and O–H groups in total. The third-order valence-corrected chi connectivity index (χ3v) is 2.58. The van der Waals surface area contributed by atoms with E-state index >= 15 is 0 Å². The van der Waals surface area contributed by atoms with Crippen molar-refractivity contribution < 1.29 is 13.9 Å². The highest BCUT2D eigenvalue weighted by molar-refractivity contribution is 5.24. The molecule has 102 valence electrons. The van der Waals surface area contributed by atoms with Gasteiger partial charge in [-0.05, 0) is 30.7 Å². The van der Waals surface area contributed by atoms with Crippen molar-refractivity contribution in [3.05, 3.63) is 35.1 Å². The van der Waals surface area contributed by atoms with Crippen LogP contribution in [0.5, 0.6) is 0 Å². The third kappa shape index (κ3) is 5.58. The first-order chi connectivity index (χ1) is 8.77. The maximum Gasteiger partial charge on any atom is 0.128 e. The first-order valence-electron chi connectivity index (χ1n) is 6.32. The van der Waals surface area contributed by atoms with Crippen molar-refractivity contribution in [1.82, 2.24) is 5.32 Å². The van der Waals surface area contributed by atoms with E-state index in [1.54, 1.807) is 13.2 Å². The Morgan fingerprint density at radius 1 is 1.28 bits per heavy atom. The molecule has 0 amide bonds. The molecule has 0 unspecified atom stereocenters. The van der Waals surface area contributed by atoms with E-state index in [1.165, 1.54) is 6.07 Å². The highest BCUT2D eigenvalue weighted by Gasteiger charge is 2.03. The van der Waals surface area contributed by atoms with Crippen LogP contribution in [0, 0.1) is 5.82 Å². The van der Waals surface area contributed by atoms with Crippen LogP contribution in [0.4, 0.5) is 4.39 Å². The summed E-state index contributed by atoms with van der Waals surface area (Å²) in [6, 6.07) is 5.15. The molecule has 0 aliphatic rings. The number of ether oxygens (including phenoxy) is 2. The summed E-state index contributed by atoms with van der Waals surface area (Å²) in [6.07, 6.45) is 0.829. The van der Waals surface area contributed by atoms with Crippen molar-refractivity contribution >= 4 is 0 Å². The van der Waals surface area contributed by atoms with Gasteiger partial charge in [-0.15, -0.1) is 0 Å². The van der Waals surface area contributed by atoms with Gasteiger partial charge >= 0.3 is 0 Å². The second-order valence-electron chi connectivity index (χ2n) is 4.11. The SMILES string of the molecule is CCNCc1ccc(F)c(COCCCOC)c1. The Morgan fingerprint density at radius 3 is 2.83 bits per heavy atom. The Kier molecular flexibility index (Phi) is 7.57. The van der Waals surface area contributed by atoms with Gasteiger partial charge in [0.1, 0.15) is 5.82 Å². The third-order valence-electron chi connectivity index (χ3n) is 2.58. The largest absolute Gasteiger partial charge is 0.385 e. The summed E-state index contributed by atoms with van der Waals surface area (Å²) >= 11 is 0. The van der Waals surface area contributed by atoms with E-state index in [4.69, 9.17) is 9.47 Å². The van der Waals surface area contributed by atoms with Crippen LogP contribution in [0.1, 0.15) is 24.5 Å². The van der Waals surface area contributed by atoms with E-state index in [-0.39, 0.29) is 5.82 Å². The van der Waals surface area contributed by atoms with Crippen LogP contribution < -0.4 is 5.32 Å². The molecule has 0 aliphatic carbocycles. The summed E-state index contributed by atoms with van der Waals surface area (Å²) in [7, 11) is 1.66. The minimum absolute atomic E-state index is 0.206. The fourth-order valence-corrected chi connectivity index (χ4v) is 1.61. The molecule has 0 spiro atoms. The molecule has 4 heteroatoms. The predicted molar refractivity (Wildman–Crippen MR) is 69.9 cm³/mol. The lowest BCUT2D eigenvalue weighted by Gasteiger charge is -2.08. The topological polar surface area (TPSA) is 30.5 Å². The molecule has 0 heterocycles. The van der Waals surface area contributed by atoms with Gasteiger partial charge in [-0.1, -0.05) is 13.0 Å². The van der Waals surface area contributed by atoms with E-state index in [2.05, 4.69) is 5.32 Å². The Morgan fingerprint density at radius 2 is 2.11 bits per heavy atom. The number of halogens is 1. The van der Waals surface area contributed by atoms with Gasteiger partial charge in [0.25, 0.3) is 0 Å². The molecule has 3 nitrogen and oxygen atoms in total. The number of benzene rings is 1. The molecule has 0 saturated heterocycles. The maximum atomic E-state index is 13.5. The second kappa shape index (κ2) is 9.03. The van der Waals surface area contributed by atoms with E-state index in [9.17, 15) is 4.39 Å². The summed E-state index contributed by atoms with van der Waals surface area (Å²) < 4.78 is 23.9. The second-order valence-corrected chi connectivity index (χ2v) is 4.11. The highest BCUT2D eigenvalue weighted by atomic mass is 19.1. The number of hydrogen-bond donors (Lipinski definition) is 1. The van der Waals surface area contributed by atoms with E-state index < -0.39 is 0 Å². The van der Waals surface area contributed by atoms with E-state index in [0.29, 0.717) is 25.4 Å². The molecule has 1 aromatic carbocycles. The van der Waals surface area contributed by atoms with Gasteiger partial charge in [0.15, 0.2) is 0 Å². The van der Waals surface area contributed by atoms with Crippen LogP contribution in [0.3, 0.4) is 0 Å².